The number of alkyl halides is 2. The highest BCUT2D eigenvalue weighted by Gasteiger charge is 2.39. The van der Waals surface area contributed by atoms with Gasteiger partial charge >= 0.3 is 5.97 Å². The lowest BCUT2D eigenvalue weighted by atomic mass is 9.73. The molecular formula is C33H45F2N6O3+. The molecule has 3 aromatic heterocycles. The van der Waals surface area contributed by atoms with Crippen molar-refractivity contribution < 1.29 is 27.9 Å². The van der Waals surface area contributed by atoms with Crippen LogP contribution in [-0.4, -0.2) is 83.4 Å². The summed E-state index contributed by atoms with van der Waals surface area (Å²) >= 11 is 0. The van der Waals surface area contributed by atoms with Gasteiger partial charge in [0.1, 0.15) is 17.2 Å². The van der Waals surface area contributed by atoms with Gasteiger partial charge in [0.05, 0.1) is 37.9 Å². The Morgan fingerprint density at radius 1 is 1.11 bits per heavy atom. The Kier molecular flexibility index (Phi) is 10.6. The summed E-state index contributed by atoms with van der Waals surface area (Å²) in [6.45, 7) is 5.85. The molecule has 11 heteroatoms. The normalized spacial score (nSPS) is 18.7. The van der Waals surface area contributed by atoms with Gasteiger partial charge in [0, 0.05) is 30.1 Å². The third-order valence-electron chi connectivity index (χ3n) is 8.40. The number of aryl methyl sites for hydroxylation is 1. The van der Waals surface area contributed by atoms with Crippen molar-refractivity contribution >= 4 is 17.6 Å². The Morgan fingerprint density at radius 2 is 1.84 bits per heavy atom. The Labute approximate surface area is 258 Å². The lowest BCUT2D eigenvalue weighted by Crippen LogP contribution is -2.47. The van der Waals surface area contributed by atoms with Crippen molar-refractivity contribution in [1.29, 1.82) is 0 Å². The Hall–Kier alpha value is -3.54. The van der Waals surface area contributed by atoms with Crippen LogP contribution >= 0.6 is 0 Å². The average molecular weight is 612 g/mol. The SMILES string of the molecule is Cc1cc(Nc2cc(C(F)F)ccn2)nc(-c2ccc([C@](C)(O)[C@H]3CC[C@H](C(=O)OC[N+](C)(C)CCN(C)C)CC3)nc2)c1. The number of aromatic nitrogens is 3. The van der Waals surface area contributed by atoms with Crippen LogP contribution in [0.15, 0.2) is 48.8 Å². The molecule has 0 aromatic carbocycles. The molecule has 0 aliphatic heterocycles. The van der Waals surface area contributed by atoms with Gasteiger partial charge in [-0.15, -0.1) is 0 Å². The molecule has 0 radical (unpaired) electrons. The van der Waals surface area contributed by atoms with Crippen LogP contribution in [0.25, 0.3) is 11.3 Å². The fourth-order valence-corrected chi connectivity index (χ4v) is 5.50. The van der Waals surface area contributed by atoms with E-state index in [-0.39, 0.29) is 29.2 Å². The number of ether oxygens (including phenoxy) is 1. The fraction of sp³-hybridized carbons (Fsp3) is 0.515. The van der Waals surface area contributed by atoms with Crippen LogP contribution in [0.3, 0.4) is 0 Å². The number of nitrogens with zero attached hydrogens (tertiary/aromatic N) is 5. The molecule has 2 N–H and O–H groups in total. The fourth-order valence-electron chi connectivity index (χ4n) is 5.50. The minimum atomic E-state index is -2.59. The van der Waals surface area contributed by atoms with Crippen LogP contribution in [0.5, 0.6) is 0 Å². The van der Waals surface area contributed by atoms with E-state index in [0.717, 1.165) is 24.2 Å². The topological polar surface area (TPSA) is 100 Å². The first-order chi connectivity index (χ1) is 20.7. The molecule has 1 aliphatic rings. The molecule has 44 heavy (non-hydrogen) atoms. The predicted octanol–water partition coefficient (Wildman–Crippen LogP) is 5.68. The van der Waals surface area contributed by atoms with Crippen molar-refractivity contribution in [2.45, 2.75) is 51.6 Å². The zero-order chi connectivity index (χ0) is 32.1. The van der Waals surface area contributed by atoms with E-state index in [1.807, 2.05) is 45.3 Å². The van der Waals surface area contributed by atoms with Crippen molar-refractivity contribution in [2.75, 3.05) is 53.3 Å². The number of aliphatic hydroxyl groups is 1. The molecule has 3 heterocycles. The van der Waals surface area contributed by atoms with Gasteiger partial charge in [-0.1, -0.05) is 0 Å². The molecule has 4 rings (SSSR count). The lowest BCUT2D eigenvalue weighted by Gasteiger charge is -2.37. The Morgan fingerprint density at radius 3 is 2.48 bits per heavy atom. The van der Waals surface area contributed by atoms with E-state index >= 15 is 0 Å². The second-order valence-corrected chi connectivity index (χ2v) is 13.0. The highest BCUT2D eigenvalue weighted by atomic mass is 19.3. The van der Waals surface area contributed by atoms with Crippen molar-refractivity contribution in [1.82, 2.24) is 19.9 Å². The third-order valence-corrected chi connectivity index (χ3v) is 8.40. The van der Waals surface area contributed by atoms with Crippen LogP contribution in [0.1, 0.15) is 55.9 Å². The summed E-state index contributed by atoms with van der Waals surface area (Å²) in [5.41, 5.74) is 1.61. The van der Waals surface area contributed by atoms with Crippen LogP contribution in [0.4, 0.5) is 20.4 Å². The molecule has 238 valence electrons. The maximum absolute atomic E-state index is 13.1. The van der Waals surface area contributed by atoms with Crippen molar-refractivity contribution in [2.24, 2.45) is 11.8 Å². The molecular weight excluding hydrogens is 566 g/mol. The van der Waals surface area contributed by atoms with Gasteiger partial charge in [-0.3, -0.25) is 14.3 Å². The van der Waals surface area contributed by atoms with Gasteiger partial charge in [-0.2, -0.15) is 0 Å². The van der Waals surface area contributed by atoms with E-state index in [1.54, 1.807) is 13.1 Å². The van der Waals surface area contributed by atoms with Crippen molar-refractivity contribution in [3.63, 3.8) is 0 Å². The molecule has 3 aromatic rings. The largest absolute Gasteiger partial charge is 0.415 e. The van der Waals surface area contributed by atoms with Gasteiger partial charge in [0.25, 0.3) is 6.43 Å². The summed E-state index contributed by atoms with van der Waals surface area (Å²) in [6.07, 6.45) is 3.16. The molecule has 0 bridgehead atoms. The minimum Gasteiger partial charge on any atom is -0.415 e. The summed E-state index contributed by atoms with van der Waals surface area (Å²) in [7, 11) is 8.18. The number of likely N-dealkylation sites (N-methyl/N-ethyl adjacent to an activating group) is 2. The van der Waals surface area contributed by atoms with E-state index in [0.29, 0.717) is 54.1 Å². The van der Waals surface area contributed by atoms with Gasteiger partial charge in [-0.05, 0) is 102 Å². The second kappa shape index (κ2) is 14.0. The molecule has 0 unspecified atom stereocenters. The molecule has 1 fully saturated rings. The van der Waals surface area contributed by atoms with Gasteiger partial charge < -0.3 is 20.1 Å². The van der Waals surface area contributed by atoms with E-state index < -0.39 is 12.0 Å². The number of hydrogen-bond acceptors (Lipinski definition) is 8. The molecule has 0 amide bonds. The first kappa shape index (κ1) is 33.4. The number of quaternary nitrogens is 1. The van der Waals surface area contributed by atoms with Gasteiger partial charge in [0.15, 0.2) is 0 Å². The summed E-state index contributed by atoms with van der Waals surface area (Å²) in [5.74, 6) is 0.401. The number of halogens is 2. The number of pyridine rings is 3. The van der Waals surface area contributed by atoms with Crippen LogP contribution in [0, 0.1) is 18.8 Å². The number of esters is 1. The van der Waals surface area contributed by atoms with E-state index in [4.69, 9.17) is 4.74 Å². The smallest absolute Gasteiger partial charge is 0.313 e. The second-order valence-electron chi connectivity index (χ2n) is 13.0. The van der Waals surface area contributed by atoms with Crippen LogP contribution in [0.2, 0.25) is 0 Å². The Balaban J connectivity index is 1.36. The number of hydrogen-bond donors (Lipinski definition) is 2. The maximum Gasteiger partial charge on any atom is 0.313 e. The van der Waals surface area contributed by atoms with E-state index in [9.17, 15) is 18.7 Å². The quantitative estimate of drug-likeness (QED) is 0.153. The zero-order valence-electron chi connectivity index (χ0n) is 26.6. The van der Waals surface area contributed by atoms with Crippen molar-refractivity contribution in [3.05, 3.63) is 65.6 Å². The standard InChI is InChI=1S/C33H45F2N6O3/c1-22-17-27(38-30(18-22)39-29-19-24(31(34)35)13-14-36-29)25-9-12-28(37-20-25)33(2,43)26-10-7-23(8-11-26)32(42)44-21-41(5,6)16-15-40(3)4/h9,12-14,17-20,23,26,31,43H,7-8,10-11,15-16,21H2,1-6H3,(H,36,38,39)/q+1/t23-,26-,33-/m1/s1. The number of rotatable bonds is 12. The molecule has 1 atom stereocenters. The molecule has 1 saturated carbocycles. The van der Waals surface area contributed by atoms with E-state index in [1.165, 1.54) is 18.3 Å². The van der Waals surface area contributed by atoms with Gasteiger partial charge in [0.2, 0.25) is 6.73 Å². The summed E-state index contributed by atoms with van der Waals surface area (Å²) in [6, 6.07) is 9.99. The number of nitrogens with one attached hydrogen (secondary N) is 1. The van der Waals surface area contributed by atoms with Gasteiger partial charge in [-0.25, -0.2) is 18.7 Å². The number of anilines is 2. The highest BCUT2D eigenvalue weighted by Crippen LogP contribution is 2.41. The number of carbonyl (C=O) groups is 1. The Bertz CT molecular complexity index is 1410. The lowest BCUT2D eigenvalue weighted by molar-refractivity contribution is -0.906. The number of carbonyl (C=O) groups excluding carboxylic acids is 1. The monoisotopic (exact) mass is 611 g/mol. The third kappa shape index (κ3) is 8.77. The predicted molar refractivity (Wildman–Crippen MR) is 166 cm³/mol. The minimum absolute atomic E-state index is 0.0402. The molecule has 1 aliphatic carbocycles. The molecule has 0 spiro atoms. The summed E-state index contributed by atoms with van der Waals surface area (Å²) in [5, 5.41) is 14.6. The zero-order valence-corrected chi connectivity index (χ0v) is 26.6. The van der Waals surface area contributed by atoms with Crippen LogP contribution < -0.4 is 5.32 Å². The van der Waals surface area contributed by atoms with Crippen LogP contribution in [-0.2, 0) is 15.1 Å². The first-order valence-electron chi connectivity index (χ1n) is 15.1. The summed E-state index contributed by atoms with van der Waals surface area (Å²) in [4.78, 5) is 28.3. The average Bonchev–Trinajstić information content (AvgIpc) is 2.99. The van der Waals surface area contributed by atoms with Crippen molar-refractivity contribution in [3.8, 4) is 11.3 Å². The summed E-state index contributed by atoms with van der Waals surface area (Å²) < 4.78 is 32.5. The van der Waals surface area contributed by atoms with E-state index in [2.05, 4.69) is 39.3 Å². The highest BCUT2D eigenvalue weighted by molar-refractivity contribution is 5.72. The maximum atomic E-state index is 13.1. The first-order valence-corrected chi connectivity index (χ1v) is 15.1. The molecule has 0 saturated heterocycles. The molecule has 9 nitrogen and oxygen atoms in total.